The molecule has 3 heterocycles. The van der Waals surface area contributed by atoms with Crippen molar-refractivity contribution in [3.05, 3.63) is 54.9 Å². The number of hydrogen-bond donors (Lipinski definition) is 2. The molecule has 1 fully saturated rings. The van der Waals surface area contributed by atoms with Crippen LogP contribution in [0.4, 0.5) is 14.9 Å². The summed E-state index contributed by atoms with van der Waals surface area (Å²) < 4.78 is 22.5. The second-order valence-corrected chi connectivity index (χ2v) is 6.59. The first-order chi connectivity index (χ1) is 13.4. The van der Waals surface area contributed by atoms with Gasteiger partial charge >= 0.3 is 6.09 Å². The number of nitrogens with zero attached hydrogens (tertiary/aromatic N) is 3. The summed E-state index contributed by atoms with van der Waals surface area (Å²) in [5.74, 6) is -0.719. The Balaban J connectivity index is 1.57. The molecule has 2 amide bonds. The predicted octanol–water partition coefficient (Wildman–Crippen LogP) is 1.76. The predicted molar refractivity (Wildman–Crippen MR) is 96.9 cm³/mol. The molecule has 3 aromatic rings. The maximum absolute atomic E-state index is 14.8. The van der Waals surface area contributed by atoms with E-state index in [2.05, 4.69) is 5.32 Å². The summed E-state index contributed by atoms with van der Waals surface area (Å²) in [6.45, 7) is 1.81. The van der Waals surface area contributed by atoms with Crippen LogP contribution in [0.3, 0.4) is 0 Å². The van der Waals surface area contributed by atoms with Crippen molar-refractivity contribution in [2.24, 2.45) is 0 Å². The molecular weight excluding hydrogens is 367 g/mol. The van der Waals surface area contributed by atoms with Gasteiger partial charge in [-0.15, -0.1) is 0 Å². The van der Waals surface area contributed by atoms with E-state index in [0.29, 0.717) is 11.4 Å². The average Bonchev–Trinajstić information content (AvgIpc) is 3.22. The Bertz CT molecular complexity index is 1080. The zero-order valence-electron chi connectivity index (χ0n) is 15.0. The molecule has 0 radical (unpaired) electrons. The number of rotatable bonds is 4. The normalized spacial score (nSPS) is 16.4. The smallest absolute Gasteiger partial charge is 0.414 e. The zero-order valence-corrected chi connectivity index (χ0v) is 15.0. The third kappa shape index (κ3) is 3.34. The van der Waals surface area contributed by atoms with Gasteiger partial charge in [-0.1, -0.05) is 0 Å². The van der Waals surface area contributed by atoms with Gasteiger partial charge in [-0.25, -0.2) is 9.18 Å². The molecule has 1 aromatic carbocycles. The third-order valence-electron chi connectivity index (χ3n) is 4.54. The Kier molecular flexibility index (Phi) is 4.34. The first kappa shape index (κ1) is 17.8. The van der Waals surface area contributed by atoms with E-state index >= 15 is 0 Å². The van der Waals surface area contributed by atoms with Crippen molar-refractivity contribution >= 4 is 28.5 Å². The van der Waals surface area contributed by atoms with Crippen LogP contribution in [0, 0.1) is 5.82 Å². The van der Waals surface area contributed by atoms with Gasteiger partial charge in [-0.2, -0.15) is 0 Å². The summed E-state index contributed by atoms with van der Waals surface area (Å²) in [7, 11) is 0. The number of benzene rings is 1. The Morgan fingerprint density at radius 3 is 2.89 bits per heavy atom. The number of halogens is 1. The van der Waals surface area contributed by atoms with Gasteiger partial charge in [0, 0.05) is 35.5 Å². The summed E-state index contributed by atoms with van der Waals surface area (Å²) in [4.78, 5) is 24.4. The average molecular weight is 385 g/mol. The number of pyridine rings is 1. The SMILES string of the molecule is CC(=O)NC[C@H]1CN(c2ccc(-n3cc4cc[n+](O)cc4c3)c(F)c2)C(=O)O1. The lowest BCUT2D eigenvalue weighted by molar-refractivity contribution is -0.903. The van der Waals surface area contributed by atoms with E-state index in [-0.39, 0.29) is 19.0 Å². The number of carbonyl (C=O) groups excluding carboxylic acids is 2. The van der Waals surface area contributed by atoms with Gasteiger partial charge < -0.3 is 14.6 Å². The molecule has 8 nitrogen and oxygen atoms in total. The second kappa shape index (κ2) is 6.84. The topological polar surface area (TPSA) is 87.7 Å². The summed E-state index contributed by atoms with van der Waals surface area (Å²) in [5.41, 5.74) is 0.688. The van der Waals surface area contributed by atoms with Gasteiger partial charge in [0.15, 0.2) is 0 Å². The van der Waals surface area contributed by atoms with Crippen molar-refractivity contribution in [1.82, 2.24) is 9.88 Å². The molecule has 1 aliphatic rings. The highest BCUT2D eigenvalue weighted by molar-refractivity contribution is 5.90. The lowest BCUT2D eigenvalue weighted by Gasteiger charge is -2.14. The molecule has 1 saturated heterocycles. The molecule has 2 N–H and O–H groups in total. The van der Waals surface area contributed by atoms with E-state index in [1.165, 1.54) is 30.3 Å². The van der Waals surface area contributed by atoms with Crippen LogP contribution in [0.5, 0.6) is 0 Å². The van der Waals surface area contributed by atoms with Gasteiger partial charge in [0.05, 0.1) is 29.9 Å². The zero-order chi connectivity index (χ0) is 19.8. The van der Waals surface area contributed by atoms with Crippen LogP contribution in [0.2, 0.25) is 0 Å². The minimum Gasteiger partial charge on any atom is -0.442 e. The van der Waals surface area contributed by atoms with Gasteiger partial charge in [0.1, 0.15) is 11.9 Å². The maximum Gasteiger partial charge on any atom is 0.414 e. The van der Waals surface area contributed by atoms with Gasteiger partial charge in [-0.3, -0.25) is 14.9 Å². The maximum atomic E-state index is 14.8. The molecular formula is C19H18FN4O4+. The van der Waals surface area contributed by atoms with Crippen LogP contribution in [0.15, 0.2) is 49.1 Å². The molecule has 0 saturated carbocycles. The Hall–Kier alpha value is -3.62. The van der Waals surface area contributed by atoms with Crippen LogP contribution in [-0.4, -0.2) is 41.0 Å². The molecule has 4 rings (SSSR count). The first-order valence-corrected chi connectivity index (χ1v) is 8.65. The van der Waals surface area contributed by atoms with Crippen molar-refractivity contribution in [2.45, 2.75) is 13.0 Å². The molecule has 0 bridgehead atoms. The van der Waals surface area contributed by atoms with E-state index in [0.717, 1.165) is 15.5 Å². The molecule has 0 unspecified atom stereocenters. The van der Waals surface area contributed by atoms with E-state index in [4.69, 9.17) is 4.74 Å². The highest BCUT2D eigenvalue weighted by Gasteiger charge is 2.32. The molecule has 144 valence electrons. The lowest BCUT2D eigenvalue weighted by Crippen LogP contribution is -2.33. The molecule has 1 atom stereocenters. The highest BCUT2D eigenvalue weighted by atomic mass is 19.1. The molecule has 1 aliphatic heterocycles. The van der Waals surface area contributed by atoms with Crippen LogP contribution in [0.25, 0.3) is 16.5 Å². The number of nitrogens with one attached hydrogen (secondary N) is 1. The molecule has 2 aromatic heterocycles. The summed E-state index contributed by atoms with van der Waals surface area (Å²) >= 11 is 0. The highest BCUT2D eigenvalue weighted by Crippen LogP contribution is 2.26. The number of amides is 2. The van der Waals surface area contributed by atoms with Crippen molar-refractivity contribution in [1.29, 1.82) is 0 Å². The van der Waals surface area contributed by atoms with E-state index in [1.807, 2.05) is 0 Å². The van der Waals surface area contributed by atoms with Gasteiger partial charge in [0.25, 0.3) is 0 Å². The first-order valence-electron chi connectivity index (χ1n) is 8.65. The fourth-order valence-corrected chi connectivity index (χ4v) is 3.18. The monoisotopic (exact) mass is 385 g/mol. The quantitative estimate of drug-likeness (QED) is 0.529. The Morgan fingerprint density at radius 2 is 2.14 bits per heavy atom. The van der Waals surface area contributed by atoms with E-state index in [1.54, 1.807) is 35.2 Å². The van der Waals surface area contributed by atoms with Crippen molar-refractivity contribution in [3.63, 3.8) is 0 Å². The van der Waals surface area contributed by atoms with Crippen LogP contribution in [0.1, 0.15) is 6.92 Å². The van der Waals surface area contributed by atoms with Crippen molar-refractivity contribution in [2.75, 3.05) is 18.0 Å². The minimum atomic E-state index is -0.582. The molecule has 28 heavy (non-hydrogen) atoms. The number of anilines is 1. The van der Waals surface area contributed by atoms with Crippen LogP contribution in [-0.2, 0) is 9.53 Å². The molecule has 0 spiro atoms. The Labute approximate surface area is 159 Å². The van der Waals surface area contributed by atoms with Crippen LogP contribution < -0.4 is 14.9 Å². The van der Waals surface area contributed by atoms with Gasteiger partial charge in [-0.05, 0) is 18.2 Å². The number of hydrogen-bond acceptors (Lipinski definition) is 4. The second-order valence-electron chi connectivity index (χ2n) is 6.59. The number of cyclic esters (lactones) is 1. The summed E-state index contributed by atoms with van der Waals surface area (Å²) in [5, 5.41) is 13.7. The van der Waals surface area contributed by atoms with Gasteiger partial charge in [0.2, 0.25) is 18.3 Å². The standard InChI is InChI=1S/C19H17FN4O4/c1-12(25)21-7-16-11-24(19(26)28-16)15-2-3-18(17(20)6-15)22-8-13-4-5-23(27)10-14(13)9-22/h2-6,8-10,16H,7,11H2,1H3,(H-,21,25,27)/p+1/t16-/m0/s1. The van der Waals surface area contributed by atoms with E-state index < -0.39 is 18.0 Å². The largest absolute Gasteiger partial charge is 0.442 e. The van der Waals surface area contributed by atoms with Crippen LogP contribution >= 0.6 is 0 Å². The number of aromatic nitrogens is 2. The fraction of sp³-hybridized carbons (Fsp3) is 0.211. The minimum absolute atomic E-state index is 0.207. The summed E-state index contributed by atoms with van der Waals surface area (Å²) in [6, 6.07) is 6.20. The summed E-state index contributed by atoms with van der Waals surface area (Å²) in [6.07, 6.45) is 5.39. The number of ether oxygens (including phenoxy) is 1. The number of carbonyl (C=O) groups is 2. The number of fused-ring (bicyclic) bond motifs is 1. The fourth-order valence-electron chi connectivity index (χ4n) is 3.18. The Morgan fingerprint density at radius 1 is 1.36 bits per heavy atom. The molecule has 0 aliphatic carbocycles. The molecule has 9 heteroatoms. The van der Waals surface area contributed by atoms with E-state index in [9.17, 15) is 19.2 Å². The third-order valence-corrected chi connectivity index (χ3v) is 4.54. The van der Waals surface area contributed by atoms with Crippen molar-refractivity contribution < 1.29 is 28.7 Å². The lowest BCUT2D eigenvalue weighted by atomic mass is 10.2. The van der Waals surface area contributed by atoms with Crippen molar-refractivity contribution in [3.8, 4) is 5.69 Å².